The van der Waals surface area contributed by atoms with E-state index in [1.807, 2.05) is 0 Å². The van der Waals surface area contributed by atoms with Gasteiger partial charge in [-0.15, -0.1) is 0 Å². The van der Waals surface area contributed by atoms with Gasteiger partial charge in [0.05, 0.1) is 0 Å². The summed E-state index contributed by atoms with van der Waals surface area (Å²) in [5, 5.41) is 3.90. The summed E-state index contributed by atoms with van der Waals surface area (Å²) >= 11 is 6.08. The predicted molar refractivity (Wildman–Crippen MR) is 73.4 cm³/mol. The van der Waals surface area contributed by atoms with Crippen LogP contribution in [0.25, 0.3) is 0 Å². The van der Waals surface area contributed by atoms with E-state index in [1.54, 1.807) is 12.1 Å². The minimum absolute atomic E-state index is 0.198. The molecule has 0 spiro atoms. The lowest BCUT2D eigenvalue weighted by Gasteiger charge is -2.25. The first-order valence-electron chi connectivity index (χ1n) is 6.60. The molecule has 1 atom stereocenters. The van der Waals surface area contributed by atoms with Crippen LogP contribution in [0.2, 0.25) is 5.02 Å². The summed E-state index contributed by atoms with van der Waals surface area (Å²) in [6.45, 7) is 5.70. The predicted octanol–water partition coefficient (Wildman–Crippen LogP) is 3.05. The molecule has 100 valence electrons. The first kappa shape index (κ1) is 13.8. The first-order valence-corrected chi connectivity index (χ1v) is 6.97. The third-order valence-corrected chi connectivity index (χ3v) is 3.91. The second-order valence-electron chi connectivity index (χ2n) is 4.77. The Labute approximate surface area is 113 Å². The van der Waals surface area contributed by atoms with Crippen LogP contribution in [0.5, 0.6) is 0 Å². The molecule has 1 fully saturated rings. The van der Waals surface area contributed by atoms with E-state index in [0.29, 0.717) is 23.2 Å². The monoisotopic (exact) mass is 270 g/mol. The van der Waals surface area contributed by atoms with E-state index in [0.717, 1.165) is 19.6 Å². The number of likely N-dealkylation sites (tertiary alicyclic amines) is 1. The fourth-order valence-electron chi connectivity index (χ4n) is 2.53. The maximum atomic E-state index is 13.8. The molecule has 1 N–H and O–H groups in total. The lowest BCUT2D eigenvalue weighted by atomic mass is 10.1. The molecule has 2 nitrogen and oxygen atoms in total. The maximum absolute atomic E-state index is 13.8. The number of nitrogens with one attached hydrogen (secondary N) is 1. The van der Waals surface area contributed by atoms with Gasteiger partial charge in [-0.1, -0.05) is 24.6 Å². The van der Waals surface area contributed by atoms with Gasteiger partial charge in [0.25, 0.3) is 0 Å². The Morgan fingerprint density at radius 2 is 2.33 bits per heavy atom. The summed E-state index contributed by atoms with van der Waals surface area (Å²) < 4.78 is 13.8. The Kier molecular flexibility index (Phi) is 4.98. The highest BCUT2D eigenvalue weighted by atomic mass is 35.5. The lowest BCUT2D eigenvalue weighted by Crippen LogP contribution is -2.37. The molecule has 0 aliphatic carbocycles. The topological polar surface area (TPSA) is 15.3 Å². The maximum Gasteiger partial charge on any atom is 0.129 e. The molecule has 1 saturated heterocycles. The molecule has 1 aliphatic heterocycles. The van der Waals surface area contributed by atoms with Gasteiger partial charge in [-0.25, -0.2) is 4.39 Å². The normalized spacial score (nSPS) is 20.5. The van der Waals surface area contributed by atoms with Crippen LogP contribution in [0, 0.1) is 5.82 Å². The van der Waals surface area contributed by atoms with Crippen LogP contribution < -0.4 is 5.32 Å². The van der Waals surface area contributed by atoms with Gasteiger partial charge in [0.2, 0.25) is 0 Å². The zero-order valence-corrected chi connectivity index (χ0v) is 11.5. The zero-order chi connectivity index (χ0) is 13.0. The quantitative estimate of drug-likeness (QED) is 0.885. The Hall–Kier alpha value is -0.640. The van der Waals surface area contributed by atoms with E-state index in [9.17, 15) is 4.39 Å². The number of hydrogen-bond donors (Lipinski definition) is 1. The number of nitrogens with zero attached hydrogens (tertiary/aromatic N) is 1. The smallest absolute Gasteiger partial charge is 0.129 e. The van der Waals surface area contributed by atoms with Crippen molar-refractivity contribution in [3.63, 3.8) is 0 Å². The fourth-order valence-corrected chi connectivity index (χ4v) is 2.75. The average molecular weight is 271 g/mol. The number of rotatable bonds is 5. The van der Waals surface area contributed by atoms with Gasteiger partial charge in [-0.05, 0) is 38.1 Å². The van der Waals surface area contributed by atoms with Crippen LogP contribution in [0.3, 0.4) is 0 Å². The van der Waals surface area contributed by atoms with Gasteiger partial charge >= 0.3 is 0 Å². The van der Waals surface area contributed by atoms with E-state index >= 15 is 0 Å². The second-order valence-corrected chi connectivity index (χ2v) is 5.18. The van der Waals surface area contributed by atoms with Crippen LogP contribution in [-0.2, 0) is 6.54 Å². The number of hydrogen-bond acceptors (Lipinski definition) is 2. The Balaban J connectivity index is 2.03. The Morgan fingerprint density at radius 3 is 3.06 bits per heavy atom. The van der Waals surface area contributed by atoms with Gasteiger partial charge in [0, 0.05) is 29.7 Å². The Morgan fingerprint density at radius 1 is 1.50 bits per heavy atom. The highest BCUT2D eigenvalue weighted by molar-refractivity contribution is 6.31. The summed E-state index contributed by atoms with van der Waals surface area (Å²) in [4.78, 5) is 2.33. The largest absolute Gasteiger partial charge is 0.315 e. The van der Waals surface area contributed by atoms with Crippen LogP contribution in [0.1, 0.15) is 25.3 Å². The summed E-state index contributed by atoms with van der Waals surface area (Å²) in [5.41, 5.74) is 0.627. The molecule has 0 aromatic heterocycles. The molecule has 1 unspecified atom stereocenters. The zero-order valence-electron chi connectivity index (χ0n) is 10.8. The molecule has 1 aromatic carbocycles. The summed E-state index contributed by atoms with van der Waals surface area (Å²) in [7, 11) is 0. The molecule has 1 aromatic rings. The summed E-state index contributed by atoms with van der Waals surface area (Å²) in [5.74, 6) is -0.198. The van der Waals surface area contributed by atoms with Gasteiger partial charge in [-0.3, -0.25) is 4.90 Å². The van der Waals surface area contributed by atoms with Crippen molar-refractivity contribution in [2.24, 2.45) is 0 Å². The summed E-state index contributed by atoms with van der Waals surface area (Å²) in [6.07, 6.45) is 2.36. The molecule has 0 radical (unpaired) electrons. The second kappa shape index (κ2) is 6.50. The number of halogens is 2. The molecular weight excluding hydrogens is 251 g/mol. The van der Waals surface area contributed by atoms with Crippen molar-refractivity contribution in [3.05, 3.63) is 34.6 Å². The van der Waals surface area contributed by atoms with Crippen LogP contribution in [0.15, 0.2) is 18.2 Å². The third kappa shape index (κ3) is 3.22. The van der Waals surface area contributed by atoms with E-state index in [2.05, 4.69) is 17.1 Å². The average Bonchev–Trinajstić information content (AvgIpc) is 2.79. The molecule has 2 rings (SSSR count). The van der Waals surface area contributed by atoms with E-state index < -0.39 is 0 Å². The lowest BCUT2D eigenvalue weighted by molar-refractivity contribution is 0.237. The van der Waals surface area contributed by atoms with Gasteiger partial charge in [-0.2, -0.15) is 0 Å². The number of benzene rings is 1. The first-order chi connectivity index (χ1) is 8.72. The Bertz CT molecular complexity index is 377. The van der Waals surface area contributed by atoms with Crippen molar-refractivity contribution in [2.75, 3.05) is 19.6 Å². The molecule has 1 heterocycles. The third-order valence-electron chi connectivity index (χ3n) is 3.55. The summed E-state index contributed by atoms with van der Waals surface area (Å²) in [6, 6.07) is 5.40. The van der Waals surface area contributed by atoms with Gasteiger partial charge in [0.1, 0.15) is 5.82 Å². The molecule has 1 aliphatic rings. The molecule has 4 heteroatoms. The van der Waals surface area contributed by atoms with E-state index in [-0.39, 0.29) is 5.82 Å². The molecular formula is C14H20ClFN2. The molecule has 0 bridgehead atoms. The van der Waals surface area contributed by atoms with Crippen molar-refractivity contribution >= 4 is 11.6 Å². The minimum atomic E-state index is -0.198. The van der Waals surface area contributed by atoms with Crippen molar-refractivity contribution in [1.29, 1.82) is 0 Å². The highest BCUT2D eigenvalue weighted by Gasteiger charge is 2.25. The van der Waals surface area contributed by atoms with E-state index in [1.165, 1.54) is 18.9 Å². The van der Waals surface area contributed by atoms with Crippen molar-refractivity contribution in [1.82, 2.24) is 10.2 Å². The molecule has 0 amide bonds. The SMILES string of the molecule is CCNCC1CCCN1Cc1c(F)cccc1Cl. The standard InChI is InChI=1S/C14H20ClFN2/c1-2-17-9-11-5-4-8-18(11)10-12-13(15)6-3-7-14(12)16/h3,6-7,11,17H,2,4-5,8-10H2,1H3. The van der Waals surface area contributed by atoms with Gasteiger partial charge < -0.3 is 5.32 Å². The number of likely N-dealkylation sites (N-methyl/N-ethyl adjacent to an activating group) is 1. The molecule has 0 saturated carbocycles. The van der Waals surface area contributed by atoms with E-state index in [4.69, 9.17) is 11.6 Å². The van der Waals surface area contributed by atoms with Crippen molar-refractivity contribution in [3.8, 4) is 0 Å². The van der Waals surface area contributed by atoms with Crippen LogP contribution in [-0.4, -0.2) is 30.6 Å². The van der Waals surface area contributed by atoms with Crippen LogP contribution in [0.4, 0.5) is 4.39 Å². The fraction of sp³-hybridized carbons (Fsp3) is 0.571. The van der Waals surface area contributed by atoms with Crippen molar-refractivity contribution in [2.45, 2.75) is 32.4 Å². The highest BCUT2D eigenvalue weighted by Crippen LogP contribution is 2.25. The minimum Gasteiger partial charge on any atom is -0.315 e. The van der Waals surface area contributed by atoms with Gasteiger partial charge in [0.15, 0.2) is 0 Å². The molecule has 18 heavy (non-hydrogen) atoms. The van der Waals surface area contributed by atoms with Crippen LogP contribution >= 0.6 is 11.6 Å². The van der Waals surface area contributed by atoms with Crippen molar-refractivity contribution < 1.29 is 4.39 Å².